The normalized spacial score (nSPS) is 12.0. The van der Waals surface area contributed by atoms with Crippen molar-refractivity contribution in [1.82, 2.24) is 16.1 Å². The fraction of sp³-hybridized carbons (Fsp3) is 0.357. The number of quaternary nitrogens is 1. The third-order valence-corrected chi connectivity index (χ3v) is 3.13. The molecule has 5 N–H and O–H groups in total. The number of rotatable bonds is 5. The molecule has 1 atom stereocenters. The van der Waals surface area contributed by atoms with Gasteiger partial charge in [0.1, 0.15) is 5.82 Å². The van der Waals surface area contributed by atoms with Gasteiger partial charge >= 0.3 is 0 Å². The maximum Gasteiger partial charge on any atom is 0.171 e. The first-order valence-electron chi connectivity index (χ1n) is 6.32. The summed E-state index contributed by atoms with van der Waals surface area (Å²) >= 11 is 5.18. The molecule has 0 fully saturated rings. The van der Waals surface area contributed by atoms with E-state index in [1.54, 1.807) is 0 Å². The number of hydrogen-bond acceptors (Lipinski definition) is 5. The number of hydrogen-bond donors (Lipinski definition) is 2. The molecule has 0 bridgehead atoms. The highest BCUT2D eigenvalue weighted by Gasteiger charge is 2.23. The highest BCUT2D eigenvalue weighted by molar-refractivity contribution is 7.80. The van der Waals surface area contributed by atoms with Crippen LogP contribution in [0.5, 0.6) is 0 Å². The fourth-order valence-corrected chi connectivity index (χ4v) is 2.30. The number of nitrogens with one attached hydrogen (secondary N) is 1. The van der Waals surface area contributed by atoms with Crippen LogP contribution in [0.1, 0.15) is 32.0 Å². The molecule has 0 aliphatic rings. The number of thiocarbonyl (C=S) groups is 1. The average molecular weight is 309 g/mol. The van der Waals surface area contributed by atoms with Crippen molar-refractivity contribution in [2.75, 3.05) is 0 Å². The molecule has 1 aromatic carbocycles. The largest absolute Gasteiger partial charge is 0.550 e. The number of carboxylic acid groups (broad SMARTS) is 1. The first-order valence-corrected chi connectivity index (χ1v) is 6.73. The second-order valence-corrected chi connectivity index (χ2v) is 5.16. The quantitative estimate of drug-likeness (QED) is 0.819. The van der Waals surface area contributed by atoms with Gasteiger partial charge in [-0.25, -0.2) is 4.98 Å². The molecule has 0 amide bonds. The molecule has 21 heavy (non-hydrogen) atoms. The number of ether oxygens (including phenoxy) is 1. The number of H-pyrrole nitrogens is 1. The molecule has 0 aliphatic heterocycles. The van der Waals surface area contributed by atoms with Crippen LogP contribution in [0.3, 0.4) is 0 Å². The molecule has 0 radical (unpaired) electrons. The number of carbonyl (C=O) groups is 1. The molecule has 0 aliphatic carbocycles. The molecule has 114 valence electrons. The number of benzene rings is 1. The van der Waals surface area contributed by atoms with Gasteiger partial charge in [-0.2, -0.15) is 0 Å². The molecule has 0 saturated carbocycles. The number of aromatic amines is 1. The van der Waals surface area contributed by atoms with Crippen LogP contribution in [-0.4, -0.2) is 27.1 Å². The molecule has 6 nitrogen and oxygen atoms in total. The van der Waals surface area contributed by atoms with Gasteiger partial charge in [-0.15, -0.1) is 0 Å². The van der Waals surface area contributed by atoms with Crippen molar-refractivity contribution in [1.29, 1.82) is 0 Å². The third-order valence-electron chi connectivity index (χ3n) is 2.74. The number of fused-ring (bicyclic) bond motifs is 1. The summed E-state index contributed by atoms with van der Waals surface area (Å²) in [5, 5.41) is 11.1. The topological polar surface area (TPSA) is 115 Å². The lowest BCUT2D eigenvalue weighted by Crippen LogP contribution is -2.29. The van der Waals surface area contributed by atoms with Crippen molar-refractivity contribution >= 4 is 34.3 Å². The van der Waals surface area contributed by atoms with E-state index >= 15 is 0 Å². The van der Waals surface area contributed by atoms with E-state index in [4.69, 9.17) is 17.0 Å². The number of aliphatic carboxylic acids is 1. The van der Waals surface area contributed by atoms with Gasteiger partial charge in [0.15, 0.2) is 5.05 Å². The van der Waals surface area contributed by atoms with Crippen molar-refractivity contribution in [3.05, 3.63) is 30.1 Å². The maximum absolute atomic E-state index is 10.9. The summed E-state index contributed by atoms with van der Waals surface area (Å²) in [5.74, 6) is -1.32. The van der Waals surface area contributed by atoms with E-state index in [2.05, 4.69) is 9.97 Å². The van der Waals surface area contributed by atoms with Gasteiger partial charge in [0.05, 0.1) is 23.1 Å². The standard InChI is InChI=1S/C14H16N2O3S.H3N/c1-8(2)19-14(20)9(7-12(17)18)13-15-10-5-3-4-6-11(10)16-13;/h3-6,8-9H,7H2,1-2H3,(H,15,16)(H,17,18);1H3. The first kappa shape index (κ1) is 17.1. The van der Waals surface area contributed by atoms with Crippen LogP contribution >= 0.6 is 12.2 Å². The molecule has 2 rings (SSSR count). The zero-order chi connectivity index (χ0) is 14.7. The zero-order valence-corrected chi connectivity index (χ0v) is 13.1. The Morgan fingerprint density at radius 2 is 2.10 bits per heavy atom. The number of carbonyl (C=O) groups excluding carboxylic acids is 1. The van der Waals surface area contributed by atoms with E-state index in [9.17, 15) is 9.90 Å². The molecule has 1 aromatic heterocycles. The minimum absolute atomic E-state index is 0. The monoisotopic (exact) mass is 309 g/mol. The van der Waals surface area contributed by atoms with Crippen LogP contribution in [0.2, 0.25) is 0 Å². The zero-order valence-electron chi connectivity index (χ0n) is 12.3. The van der Waals surface area contributed by atoms with Crippen LogP contribution in [-0.2, 0) is 9.53 Å². The Balaban J connectivity index is 0.00000220. The van der Waals surface area contributed by atoms with E-state index in [-0.39, 0.29) is 23.7 Å². The molecular weight excluding hydrogens is 290 g/mol. The summed E-state index contributed by atoms with van der Waals surface area (Å²) in [6, 6.07) is 7.46. The van der Waals surface area contributed by atoms with Gasteiger partial charge in [0.2, 0.25) is 0 Å². The molecular formula is C14H19N3O3S. The van der Waals surface area contributed by atoms with E-state index in [1.807, 2.05) is 38.1 Å². The molecule has 0 spiro atoms. The minimum atomic E-state index is -1.19. The molecule has 1 unspecified atom stereocenters. The number of para-hydroxylation sites is 2. The summed E-state index contributed by atoms with van der Waals surface area (Å²) in [6.45, 7) is 3.67. The Kier molecular flexibility index (Phi) is 5.80. The highest BCUT2D eigenvalue weighted by Crippen LogP contribution is 2.23. The predicted molar refractivity (Wildman–Crippen MR) is 83.3 cm³/mol. The third kappa shape index (κ3) is 4.24. The van der Waals surface area contributed by atoms with Gasteiger partial charge in [0, 0.05) is 12.4 Å². The van der Waals surface area contributed by atoms with Gasteiger partial charge in [-0.3, -0.25) is 0 Å². The summed E-state index contributed by atoms with van der Waals surface area (Å²) in [4.78, 5) is 18.4. The van der Waals surface area contributed by atoms with Crippen molar-refractivity contribution in [2.45, 2.75) is 32.3 Å². The lowest BCUT2D eigenvalue weighted by atomic mass is 10.1. The van der Waals surface area contributed by atoms with Gasteiger partial charge in [0.25, 0.3) is 0 Å². The fourth-order valence-electron chi connectivity index (χ4n) is 1.91. The van der Waals surface area contributed by atoms with Crippen LogP contribution in [0.4, 0.5) is 0 Å². The average Bonchev–Trinajstić information content (AvgIpc) is 2.78. The van der Waals surface area contributed by atoms with Crippen LogP contribution in [0.25, 0.3) is 11.0 Å². The SMILES string of the molecule is CC(C)OC(=S)C(CC(=O)[O-])c1nc2ccccc2[nH]1.[NH4+]. The van der Waals surface area contributed by atoms with Crippen molar-refractivity contribution < 1.29 is 14.6 Å². The smallest absolute Gasteiger partial charge is 0.171 e. The summed E-state index contributed by atoms with van der Waals surface area (Å²) in [6.07, 6.45) is -0.373. The lowest BCUT2D eigenvalue weighted by Gasteiger charge is -2.19. The Hall–Kier alpha value is -1.99. The second-order valence-electron chi connectivity index (χ2n) is 4.75. The summed E-state index contributed by atoms with van der Waals surface area (Å²) in [7, 11) is 0. The lowest BCUT2D eigenvalue weighted by molar-refractivity contribution is -0.305. The highest BCUT2D eigenvalue weighted by atomic mass is 32.1. The van der Waals surface area contributed by atoms with Gasteiger partial charge in [-0.05, 0) is 38.2 Å². The van der Waals surface area contributed by atoms with Crippen LogP contribution < -0.4 is 11.3 Å². The Labute approximate surface area is 128 Å². The number of imidazole rings is 1. The summed E-state index contributed by atoms with van der Waals surface area (Å²) < 4.78 is 5.44. The van der Waals surface area contributed by atoms with Crippen molar-refractivity contribution in [3.8, 4) is 0 Å². The maximum atomic E-state index is 10.9. The Bertz CT molecular complexity index is 606. The first-order chi connectivity index (χ1) is 9.47. The van der Waals surface area contributed by atoms with Crippen LogP contribution in [0, 0.1) is 0 Å². The Morgan fingerprint density at radius 3 is 2.67 bits per heavy atom. The molecule has 7 heteroatoms. The van der Waals surface area contributed by atoms with E-state index in [0.717, 1.165) is 11.0 Å². The Morgan fingerprint density at radius 1 is 1.43 bits per heavy atom. The van der Waals surface area contributed by atoms with E-state index < -0.39 is 11.9 Å². The van der Waals surface area contributed by atoms with E-state index in [0.29, 0.717) is 5.82 Å². The summed E-state index contributed by atoms with van der Waals surface area (Å²) in [5.41, 5.74) is 1.59. The van der Waals surface area contributed by atoms with Gasteiger partial charge < -0.3 is 25.8 Å². The van der Waals surface area contributed by atoms with Crippen molar-refractivity contribution in [2.24, 2.45) is 0 Å². The van der Waals surface area contributed by atoms with Gasteiger partial charge in [-0.1, -0.05) is 12.1 Å². The number of carboxylic acids is 1. The molecule has 2 aromatic rings. The predicted octanol–water partition coefficient (Wildman–Crippen LogP) is 1.92. The van der Waals surface area contributed by atoms with Crippen LogP contribution in [0.15, 0.2) is 24.3 Å². The second kappa shape index (κ2) is 7.14. The van der Waals surface area contributed by atoms with E-state index in [1.165, 1.54) is 0 Å². The molecule has 0 saturated heterocycles. The number of nitrogens with zero attached hydrogens (tertiary/aromatic N) is 1. The minimum Gasteiger partial charge on any atom is -0.550 e. The molecule has 1 heterocycles. The number of aromatic nitrogens is 2. The van der Waals surface area contributed by atoms with Crippen molar-refractivity contribution in [3.63, 3.8) is 0 Å².